The highest BCUT2D eigenvalue weighted by Crippen LogP contribution is 2.27. The van der Waals surface area contributed by atoms with Crippen LogP contribution in [0.5, 0.6) is 0 Å². The van der Waals surface area contributed by atoms with Crippen molar-refractivity contribution in [3.63, 3.8) is 0 Å². The molecule has 6 heteroatoms. The van der Waals surface area contributed by atoms with E-state index in [2.05, 4.69) is 0 Å². The summed E-state index contributed by atoms with van der Waals surface area (Å²) in [6, 6.07) is 7.57. The first kappa shape index (κ1) is 19.4. The molecule has 146 valence electrons. The number of carbonyl (C=O) groups is 3. The molecule has 0 radical (unpaired) electrons. The van der Waals surface area contributed by atoms with Crippen molar-refractivity contribution in [1.82, 2.24) is 14.7 Å². The molecule has 2 fully saturated rings. The van der Waals surface area contributed by atoms with Crippen molar-refractivity contribution in [2.45, 2.75) is 39.7 Å². The molecule has 6 nitrogen and oxygen atoms in total. The molecule has 0 aromatic heterocycles. The molecule has 27 heavy (non-hydrogen) atoms. The number of benzene rings is 1. The summed E-state index contributed by atoms with van der Waals surface area (Å²) in [5.41, 5.74) is 1.55. The second-order valence-corrected chi connectivity index (χ2v) is 8.56. The molecule has 2 aliphatic rings. The van der Waals surface area contributed by atoms with Gasteiger partial charge in [0.05, 0.1) is 5.92 Å². The minimum absolute atomic E-state index is 0.0112. The zero-order valence-corrected chi connectivity index (χ0v) is 16.7. The van der Waals surface area contributed by atoms with Gasteiger partial charge in [-0.25, -0.2) is 0 Å². The first-order chi connectivity index (χ1) is 12.7. The average Bonchev–Trinajstić information content (AvgIpc) is 3.03. The van der Waals surface area contributed by atoms with Gasteiger partial charge >= 0.3 is 0 Å². The maximum atomic E-state index is 12.8. The van der Waals surface area contributed by atoms with Crippen molar-refractivity contribution in [2.75, 3.05) is 32.7 Å². The van der Waals surface area contributed by atoms with Gasteiger partial charge in [-0.15, -0.1) is 0 Å². The van der Waals surface area contributed by atoms with Gasteiger partial charge < -0.3 is 14.7 Å². The fourth-order valence-corrected chi connectivity index (χ4v) is 3.79. The Labute approximate surface area is 161 Å². The van der Waals surface area contributed by atoms with E-state index < -0.39 is 0 Å². The van der Waals surface area contributed by atoms with Crippen LogP contribution in [0.2, 0.25) is 0 Å². The molecular formula is C21H29N3O3. The summed E-state index contributed by atoms with van der Waals surface area (Å²) >= 11 is 0. The fourth-order valence-electron chi connectivity index (χ4n) is 3.79. The SMILES string of the molecule is Cc1ccc(C(=O)N2CCN(C(=O)C3CC(=O)N(C(C)(C)C)C3)CC2)cc1. The normalized spacial score (nSPS) is 21.0. The van der Waals surface area contributed by atoms with Crippen LogP contribution in [-0.4, -0.2) is 70.7 Å². The van der Waals surface area contributed by atoms with Gasteiger partial charge in [-0.3, -0.25) is 14.4 Å². The number of nitrogens with zero attached hydrogens (tertiary/aromatic N) is 3. The standard InChI is InChI=1S/C21H29N3O3/c1-15-5-7-16(8-6-15)19(26)22-9-11-23(12-10-22)20(27)17-13-18(25)24(14-17)21(2,3)4/h5-8,17H,9-14H2,1-4H3. The Morgan fingerprint density at radius 1 is 0.963 bits per heavy atom. The molecule has 0 saturated carbocycles. The molecule has 1 aromatic rings. The van der Waals surface area contributed by atoms with Gasteiger partial charge in [-0.2, -0.15) is 0 Å². The summed E-state index contributed by atoms with van der Waals surface area (Å²) in [4.78, 5) is 43.1. The first-order valence-electron chi connectivity index (χ1n) is 9.62. The van der Waals surface area contributed by atoms with E-state index in [9.17, 15) is 14.4 Å². The summed E-state index contributed by atoms with van der Waals surface area (Å²) < 4.78 is 0. The average molecular weight is 371 g/mol. The molecule has 3 amide bonds. The molecule has 0 N–H and O–H groups in total. The Bertz CT molecular complexity index is 728. The maximum absolute atomic E-state index is 12.8. The van der Waals surface area contributed by atoms with Crippen molar-refractivity contribution in [1.29, 1.82) is 0 Å². The summed E-state index contributed by atoms with van der Waals surface area (Å²) in [6.07, 6.45) is 0.290. The third kappa shape index (κ3) is 4.15. The lowest BCUT2D eigenvalue weighted by molar-refractivity contribution is -0.137. The largest absolute Gasteiger partial charge is 0.339 e. The van der Waals surface area contributed by atoms with E-state index in [4.69, 9.17) is 0 Å². The molecule has 0 bridgehead atoms. The van der Waals surface area contributed by atoms with Gasteiger partial charge in [-0.1, -0.05) is 17.7 Å². The highest BCUT2D eigenvalue weighted by atomic mass is 16.2. The molecule has 2 aliphatic heterocycles. The zero-order valence-electron chi connectivity index (χ0n) is 16.7. The van der Waals surface area contributed by atoms with Crippen LogP contribution in [0.4, 0.5) is 0 Å². The molecule has 0 spiro atoms. The monoisotopic (exact) mass is 371 g/mol. The highest BCUT2D eigenvalue weighted by Gasteiger charge is 2.41. The van der Waals surface area contributed by atoms with E-state index in [-0.39, 0.29) is 29.2 Å². The van der Waals surface area contributed by atoms with Gasteiger partial charge in [0.2, 0.25) is 11.8 Å². The Hall–Kier alpha value is -2.37. The van der Waals surface area contributed by atoms with Crippen molar-refractivity contribution in [3.05, 3.63) is 35.4 Å². The fraction of sp³-hybridized carbons (Fsp3) is 0.571. The molecule has 1 atom stereocenters. The summed E-state index contributed by atoms with van der Waals surface area (Å²) in [5, 5.41) is 0. The number of hydrogen-bond donors (Lipinski definition) is 0. The van der Waals surface area contributed by atoms with Crippen LogP contribution in [0, 0.1) is 12.8 Å². The molecular weight excluding hydrogens is 342 g/mol. The van der Waals surface area contributed by atoms with E-state index >= 15 is 0 Å². The van der Waals surface area contributed by atoms with Crippen molar-refractivity contribution < 1.29 is 14.4 Å². The Balaban J connectivity index is 1.56. The zero-order chi connectivity index (χ0) is 19.8. The minimum atomic E-state index is -0.268. The van der Waals surface area contributed by atoms with Crippen LogP contribution in [0.25, 0.3) is 0 Å². The maximum Gasteiger partial charge on any atom is 0.253 e. The number of carbonyl (C=O) groups excluding carboxylic acids is 3. The molecule has 2 saturated heterocycles. The van der Waals surface area contributed by atoms with E-state index in [1.54, 1.807) is 9.80 Å². The van der Waals surface area contributed by atoms with Crippen LogP contribution in [0.15, 0.2) is 24.3 Å². The summed E-state index contributed by atoms with van der Waals surface area (Å²) in [5.74, 6) is -0.167. The third-order valence-electron chi connectivity index (χ3n) is 5.46. The van der Waals surface area contributed by atoms with Gasteiger partial charge in [0.15, 0.2) is 0 Å². The molecule has 1 unspecified atom stereocenters. The molecule has 2 heterocycles. The van der Waals surface area contributed by atoms with Crippen LogP contribution in [0.1, 0.15) is 43.1 Å². The van der Waals surface area contributed by atoms with E-state index in [1.165, 1.54) is 0 Å². The smallest absolute Gasteiger partial charge is 0.253 e. The molecule has 0 aliphatic carbocycles. The molecule has 3 rings (SSSR count). The number of rotatable bonds is 2. The second-order valence-electron chi connectivity index (χ2n) is 8.56. The highest BCUT2D eigenvalue weighted by molar-refractivity contribution is 5.94. The van der Waals surface area contributed by atoms with Crippen molar-refractivity contribution >= 4 is 17.7 Å². The van der Waals surface area contributed by atoms with Crippen molar-refractivity contribution in [3.8, 4) is 0 Å². The lowest BCUT2D eigenvalue weighted by Gasteiger charge is -2.36. The Morgan fingerprint density at radius 3 is 2.04 bits per heavy atom. The van der Waals surface area contributed by atoms with Crippen molar-refractivity contribution in [2.24, 2.45) is 5.92 Å². The predicted molar refractivity (Wildman–Crippen MR) is 103 cm³/mol. The lowest BCUT2D eigenvalue weighted by Crippen LogP contribution is -2.52. The van der Waals surface area contributed by atoms with Gasteiger partial charge in [0.1, 0.15) is 0 Å². The predicted octanol–water partition coefficient (Wildman–Crippen LogP) is 1.93. The second kappa shape index (κ2) is 7.33. The Kier molecular flexibility index (Phi) is 5.27. The van der Waals surface area contributed by atoms with Gasteiger partial charge in [-0.05, 0) is 39.8 Å². The van der Waals surface area contributed by atoms with Gasteiger partial charge in [0.25, 0.3) is 5.91 Å². The number of likely N-dealkylation sites (tertiary alicyclic amines) is 1. The van der Waals surface area contributed by atoms with E-state index in [1.807, 2.05) is 56.9 Å². The number of aryl methyl sites for hydroxylation is 1. The lowest BCUT2D eigenvalue weighted by atomic mass is 10.1. The number of amides is 3. The first-order valence-corrected chi connectivity index (χ1v) is 9.62. The van der Waals surface area contributed by atoms with Crippen LogP contribution < -0.4 is 0 Å². The number of hydrogen-bond acceptors (Lipinski definition) is 3. The van der Waals surface area contributed by atoms with E-state index in [0.29, 0.717) is 44.7 Å². The summed E-state index contributed by atoms with van der Waals surface area (Å²) in [7, 11) is 0. The van der Waals surface area contributed by atoms with Gasteiger partial charge in [0, 0.05) is 50.2 Å². The minimum Gasteiger partial charge on any atom is -0.339 e. The number of piperazine rings is 1. The summed E-state index contributed by atoms with van der Waals surface area (Å²) in [6.45, 7) is 10.6. The molecule has 1 aromatic carbocycles. The third-order valence-corrected chi connectivity index (χ3v) is 5.46. The van der Waals surface area contributed by atoms with Crippen LogP contribution in [0.3, 0.4) is 0 Å². The van der Waals surface area contributed by atoms with E-state index in [0.717, 1.165) is 5.56 Å². The van der Waals surface area contributed by atoms with Crippen LogP contribution in [-0.2, 0) is 9.59 Å². The quantitative estimate of drug-likeness (QED) is 0.798. The van der Waals surface area contributed by atoms with Crippen LogP contribution >= 0.6 is 0 Å². The topological polar surface area (TPSA) is 60.9 Å². The Morgan fingerprint density at radius 2 is 1.52 bits per heavy atom.